The van der Waals surface area contributed by atoms with Gasteiger partial charge in [0, 0.05) is 60.1 Å². The van der Waals surface area contributed by atoms with Crippen molar-refractivity contribution in [2.75, 3.05) is 32.7 Å². The van der Waals surface area contributed by atoms with Crippen molar-refractivity contribution in [1.82, 2.24) is 14.1 Å². The second kappa shape index (κ2) is 12.0. The van der Waals surface area contributed by atoms with E-state index in [9.17, 15) is 13.6 Å². The van der Waals surface area contributed by atoms with Crippen LogP contribution in [0.15, 0.2) is 48.5 Å². The van der Waals surface area contributed by atoms with Crippen LogP contribution in [-0.4, -0.2) is 73.3 Å². The monoisotopic (exact) mass is 566 g/mol. The van der Waals surface area contributed by atoms with E-state index in [2.05, 4.69) is 4.90 Å². The van der Waals surface area contributed by atoms with E-state index in [0.29, 0.717) is 42.8 Å². The lowest BCUT2D eigenvalue weighted by Gasteiger charge is -2.50. The molecule has 0 N–H and O–H groups in total. The number of likely N-dealkylation sites (tertiary alicyclic amines) is 2. The van der Waals surface area contributed by atoms with Crippen molar-refractivity contribution >= 4 is 40.6 Å². The summed E-state index contributed by atoms with van der Waals surface area (Å²) in [6.07, 6.45) is 1.20. The van der Waals surface area contributed by atoms with E-state index in [1.54, 1.807) is 9.21 Å². The van der Waals surface area contributed by atoms with E-state index in [1.807, 2.05) is 69.3 Å². The highest BCUT2D eigenvalue weighted by atomic mass is 35.5. The van der Waals surface area contributed by atoms with Crippen molar-refractivity contribution in [2.45, 2.75) is 51.3 Å². The fraction of sp³-hybridized carbons (Fsp3) is 0.519. The third-order valence-electron chi connectivity index (χ3n) is 6.93. The third kappa shape index (κ3) is 7.46. The van der Waals surface area contributed by atoms with Crippen LogP contribution in [0.3, 0.4) is 0 Å². The van der Waals surface area contributed by atoms with E-state index in [4.69, 9.17) is 27.9 Å². The zero-order valence-corrected chi connectivity index (χ0v) is 23.8. The van der Waals surface area contributed by atoms with E-state index in [1.165, 1.54) is 0 Å². The summed E-state index contributed by atoms with van der Waals surface area (Å²) in [5, 5.41) is 1.34. The molecule has 1 unspecified atom stereocenters. The first-order valence-corrected chi connectivity index (χ1v) is 14.4. The van der Waals surface area contributed by atoms with Crippen LogP contribution in [0.25, 0.3) is 0 Å². The maximum atomic E-state index is 12.4. The first-order valence-electron chi connectivity index (χ1n) is 12.6. The zero-order valence-electron chi connectivity index (χ0n) is 21.4. The Morgan fingerprint density at radius 2 is 1.51 bits per heavy atom. The minimum absolute atomic E-state index is 0.0233. The van der Waals surface area contributed by atoms with Crippen LogP contribution in [0.2, 0.25) is 10.0 Å². The molecular formula is C27H34Cl2N3O4S-. The number of carbonyl (C=O) groups is 1. The number of halogens is 2. The van der Waals surface area contributed by atoms with Gasteiger partial charge in [0.05, 0.1) is 6.04 Å². The van der Waals surface area contributed by atoms with Gasteiger partial charge in [0.25, 0.3) is 0 Å². The Hall–Kier alpha value is -1.68. The Kier molecular flexibility index (Phi) is 9.20. The van der Waals surface area contributed by atoms with Crippen LogP contribution in [0, 0.1) is 5.92 Å². The molecule has 2 aliphatic heterocycles. The van der Waals surface area contributed by atoms with Crippen molar-refractivity contribution in [2.24, 2.45) is 5.92 Å². The van der Waals surface area contributed by atoms with Gasteiger partial charge in [0.2, 0.25) is 0 Å². The van der Waals surface area contributed by atoms with Gasteiger partial charge in [0.15, 0.2) is 0 Å². The van der Waals surface area contributed by atoms with Crippen molar-refractivity contribution < 1.29 is 18.3 Å². The largest absolute Gasteiger partial charge is 0.760 e. The van der Waals surface area contributed by atoms with Gasteiger partial charge in [-0.05, 0) is 74.9 Å². The molecule has 0 radical (unpaired) electrons. The molecule has 2 aromatic carbocycles. The molecule has 1 amide bonds. The lowest BCUT2D eigenvalue weighted by Crippen LogP contribution is -2.61. The SMILES string of the molecule is CC(C)(C)OC(=O)N1CCC(CN(C2CN(C(c3ccc(Cl)cc3)c3ccc(Cl)cc3)C2)S(=O)[O-])CC1. The second-order valence-corrected chi connectivity index (χ2v) is 12.6. The van der Waals surface area contributed by atoms with Gasteiger partial charge in [-0.2, -0.15) is 0 Å². The average molecular weight is 568 g/mol. The number of amides is 1. The van der Waals surface area contributed by atoms with Crippen LogP contribution < -0.4 is 0 Å². The highest BCUT2D eigenvalue weighted by Gasteiger charge is 2.39. The molecule has 10 heteroatoms. The minimum atomic E-state index is -2.32. The van der Waals surface area contributed by atoms with Crippen molar-refractivity contribution in [3.8, 4) is 0 Å². The molecule has 0 bridgehead atoms. The Morgan fingerprint density at radius 1 is 1.03 bits per heavy atom. The van der Waals surface area contributed by atoms with Crippen LogP contribution in [-0.2, 0) is 16.0 Å². The number of hydrogen-bond acceptors (Lipinski definition) is 5. The molecule has 0 spiro atoms. The molecule has 0 aromatic heterocycles. The zero-order chi connectivity index (χ0) is 26.7. The summed E-state index contributed by atoms with van der Waals surface area (Å²) >= 11 is 9.92. The van der Waals surface area contributed by atoms with Gasteiger partial charge in [-0.25, -0.2) is 9.10 Å². The predicted octanol–water partition coefficient (Wildman–Crippen LogP) is 5.51. The summed E-state index contributed by atoms with van der Waals surface area (Å²) < 4.78 is 31.5. The molecule has 4 rings (SSSR count). The summed E-state index contributed by atoms with van der Waals surface area (Å²) in [4.78, 5) is 16.4. The molecule has 2 saturated heterocycles. The maximum Gasteiger partial charge on any atom is 0.410 e. The van der Waals surface area contributed by atoms with Gasteiger partial charge >= 0.3 is 6.09 Å². The fourth-order valence-corrected chi connectivity index (χ4v) is 5.96. The Balaban J connectivity index is 1.38. The molecule has 37 heavy (non-hydrogen) atoms. The molecule has 0 aliphatic carbocycles. The number of nitrogens with zero attached hydrogens (tertiary/aromatic N) is 3. The first kappa shape index (κ1) is 28.3. The van der Waals surface area contributed by atoms with Crippen LogP contribution in [0.5, 0.6) is 0 Å². The van der Waals surface area contributed by atoms with Crippen LogP contribution in [0.4, 0.5) is 4.79 Å². The smallest absolute Gasteiger partial charge is 0.410 e. The molecule has 0 saturated carbocycles. The highest BCUT2D eigenvalue weighted by Crippen LogP contribution is 2.35. The maximum absolute atomic E-state index is 12.4. The molecule has 2 fully saturated rings. The van der Waals surface area contributed by atoms with E-state index >= 15 is 0 Å². The summed E-state index contributed by atoms with van der Waals surface area (Å²) in [5.41, 5.74) is 1.65. The number of rotatable bonds is 7. The molecule has 1 atom stereocenters. The van der Waals surface area contributed by atoms with Gasteiger partial charge in [-0.1, -0.05) is 47.5 Å². The number of ether oxygens (including phenoxy) is 1. The third-order valence-corrected chi connectivity index (χ3v) is 8.26. The average Bonchev–Trinajstić information content (AvgIpc) is 2.81. The van der Waals surface area contributed by atoms with E-state index in [0.717, 1.165) is 24.0 Å². The Morgan fingerprint density at radius 3 is 1.95 bits per heavy atom. The van der Waals surface area contributed by atoms with Crippen molar-refractivity contribution in [3.05, 3.63) is 69.7 Å². The number of piperidine rings is 1. The quantitative estimate of drug-likeness (QED) is 0.413. The highest BCUT2D eigenvalue weighted by molar-refractivity contribution is 7.76. The molecule has 2 aliphatic rings. The summed E-state index contributed by atoms with van der Waals surface area (Å²) in [7, 11) is 0. The van der Waals surface area contributed by atoms with Gasteiger partial charge in [-0.3, -0.25) is 9.11 Å². The Bertz CT molecular complexity index is 1030. The first-order chi connectivity index (χ1) is 17.5. The van der Waals surface area contributed by atoms with Crippen molar-refractivity contribution in [3.63, 3.8) is 0 Å². The molecule has 7 nitrogen and oxygen atoms in total. The van der Waals surface area contributed by atoms with Crippen LogP contribution >= 0.6 is 23.2 Å². The fourth-order valence-electron chi connectivity index (χ4n) is 5.00. The number of benzene rings is 2. The van der Waals surface area contributed by atoms with Gasteiger partial charge in [-0.15, -0.1) is 0 Å². The predicted molar refractivity (Wildman–Crippen MR) is 146 cm³/mol. The summed E-state index contributed by atoms with van der Waals surface area (Å²) in [5.74, 6) is 0.203. The molecule has 2 heterocycles. The second-order valence-electron chi connectivity index (χ2n) is 10.8. The lowest BCUT2D eigenvalue weighted by atomic mass is 9.92. The normalized spacial score (nSPS) is 18.8. The summed E-state index contributed by atoms with van der Waals surface area (Å²) in [6.45, 7) is 8.42. The lowest BCUT2D eigenvalue weighted by molar-refractivity contribution is 0.0141. The number of carbonyl (C=O) groups excluding carboxylic acids is 1. The van der Waals surface area contributed by atoms with Gasteiger partial charge in [0.1, 0.15) is 5.60 Å². The number of hydrogen-bond donors (Lipinski definition) is 0. The standard InChI is InChI=1S/C27H35Cl2N3O4S/c1-27(2,3)36-26(33)30-14-12-19(13-15-30)16-32(37(34)35)24-17-31(18-24)25(20-4-8-22(28)9-5-20)21-6-10-23(29)11-7-21/h4-11,19,24-25H,12-18H2,1-3H3,(H,34,35)/p-1. The topological polar surface area (TPSA) is 76.2 Å². The van der Waals surface area contributed by atoms with E-state index < -0.39 is 16.9 Å². The molecular weight excluding hydrogens is 533 g/mol. The van der Waals surface area contributed by atoms with E-state index in [-0.39, 0.29) is 24.1 Å². The van der Waals surface area contributed by atoms with Crippen LogP contribution in [0.1, 0.15) is 50.8 Å². The molecule has 202 valence electrons. The summed E-state index contributed by atoms with van der Waals surface area (Å²) in [6, 6.07) is 15.4. The minimum Gasteiger partial charge on any atom is -0.760 e. The van der Waals surface area contributed by atoms with Gasteiger partial charge < -0.3 is 14.2 Å². The van der Waals surface area contributed by atoms with Crippen molar-refractivity contribution in [1.29, 1.82) is 0 Å². The molecule has 2 aromatic rings. The Labute approximate surface area is 232 Å².